The van der Waals surface area contributed by atoms with Crippen LogP contribution in [0.2, 0.25) is 4.47 Å². The van der Waals surface area contributed by atoms with Crippen molar-refractivity contribution in [2.45, 2.75) is 51.3 Å². The topological polar surface area (TPSA) is 178 Å². The Bertz CT molecular complexity index is 2100. The summed E-state index contributed by atoms with van der Waals surface area (Å²) in [6.45, 7) is 5.92. The Hall–Kier alpha value is -5.42. The summed E-state index contributed by atoms with van der Waals surface area (Å²) >= 11 is 7.49. The number of thiazole rings is 1. The number of ether oxygens (including phenoxy) is 2. The number of nitrogens with zero attached hydrogens (tertiary/aromatic N) is 8. The molecule has 2 N–H and O–H groups in total. The Balaban J connectivity index is 1.43. The predicted octanol–water partition coefficient (Wildman–Crippen LogP) is 6.46. The lowest BCUT2D eigenvalue weighted by atomic mass is 9.86. The van der Waals surface area contributed by atoms with Crippen molar-refractivity contribution in [1.29, 1.82) is 0 Å². The van der Waals surface area contributed by atoms with Gasteiger partial charge in [0, 0.05) is 24.0 Å². The van der Waals surface area contributed by atoms with Crippen molar-refractivity contribution >= 4 is 63.9 Å². The number of aromatic nitrogens is 6. The van der Waals surface area contributed by atoms with Crippen molar-refractivity contribution in [3.05, 3.63) is 76.1 Å². The highest BCUT2D eigenvalue weighted by Crippen LogP contribution is 2.38. The summed E-state index contributed by atoms with van der Waals surface area (Å²) in [5.41, 5.74) is 1.70. The van der Waals surface area contributed by atoms with Crippen LogP contribution in [0, 0.1) is 5.82 Å². The molecule has 18 heteroatoms. The molecule has 5 heterocycles. The molecule has 0 spiro atoms. The monoisotopic (exact) mass is 737 g/mol. The predicted molar refractivity (Wildman–Crippen MR) is 187 cm³/mol. The van der Waals surface area contributed by atoms with Gasteiger partial charge in [0.25, 0.3) is 0 Å². The number of carboxylic acid groups (broad SMARTS) is 1. The second kappa shape index (κ2) is 14.1. The first-order valence-electron chi connectivity index (χ1n) is 15.7. The number of alkyl carbamates (subject to hydrolysis) is 1. The molecule has 1 saturated heterocycles. The number of rotatable bonds is 7. The molecule has 0 bridgehead atoms. The minimum Gasteiger partial charge on any atom is -0.464 e. The molecule has 4 aromatic heterocycles. The minimum absolute atomic E-state index is 0.0554. The summed E-state index contributed by atoms with van der Waals surface area (Å²) in [4.78, 5) is 62.4. The van der Waals surface area contributed by atoms with Gasteiger partial charge in [-0.1, -0.05) is 11.6 Å². The molecule has 5 aromatic rings. The fourth-order valence-corrected chi connectivity index (χ4v) is 6.79. The molecule has 15 nitrogen and oxygen atoms in total. The van der Waals surface area contributed by atoms with Crippen LogP contribution in [0.3, 0.4) is 0 Å². The molecule has 1 aliphatic rings. The molecule has 0 radical (unpaired) electrons. The van der Waals surface area contributed by atoms with Crippen LogP contribution in [0.4, 0.5) is 30.3 Å². The summed E-state index contributed by atoms with van der Waals surface area (Å²) in [6.07, 6.45) is 2.20. The van der Waals surface area contributed by atoms with E-state index in [9.17, 15) is 23.9 Å². The summed E-state index contributed by atoms with van der Waals surface area (Å²) in [5.74, 6) is -0.651. The third-order valence-corrected chi connectivity index (χ3v) is 9.11. The number of fused-ring (bicyclic) bond motifs is 1. The number of halogens is 2. The maximum absolute atomic E-state index is 13.8. The highest BCUT2D eigenvalue weighted by molar-refractivity contribution is 7.14. The molecule has 266 valence electrons. The number of benzene rings is 1. The van der Waals surface area contributed by atoms with Crippen molar-refractivity contribution in [1.82, 2.24) is 34.8 Å². The van der Waals surface area contributed by atoms with Crippen LogP contribution in [0.15, 0.2) is 54.6 Å². The SMILES string of the molecule is COC(=O)NC1(c2csc(Cl)n2)CCCN(c2cnc(-c3ccc(F)cc3)cc2Cn2cnc3c(N(C(=O)O)C(=O)OC(C)(C)C)ncnc32)C1. The number of nitrogens with one attached hydrogen (secondary N) is 1. The van der Waals surface area contributed by atoms with E-state index in [0.29, 0.717) is 52.2 Å². The van der Waals surface area contributed by atoms with Crippen molar-refractivity contribution in [3.63, 3.8) is 0 Å². The van der Waals surface area contributed by atoms with Gasteiger partial charge in [-0.25, -0.2) is 38.7 Å². The van der Waals surface area contributed by atoms with E-state index >= 15 is 0 Å². The lowest BCUT2D eigenvalue weighted by molar-refractivity contribution is 0.0581. The van der Waals surface area contributed by atoms with Crippen molar-refractivity contribution in [3.8, 4) is 11.3 Å². The zero-order chi connectivity index (χ0) is 36.5. The van der Waals surface area contributed by atoms with E-state index in [1.165, 1.54) is 36.9 Å². The lowest BCUT2D eigenvalue weighted by Gasteiger charge is -2.43. The molecular weight excluding hydrogens is 705 g/mol. The van der Waals surface area contributed by atoms with Crippen LogP contribution >= 0.6 is 22.9 Å². The Labute approximate surface area is 300 Å². The summed E-state index contributed by atoms with van der Waals surface area (Å²) in [7, 11) is 1.29. The normalized spacial score (nSPS) is 16.2. The average Bonchev–Trinajstić information content (AvgIpc) is 3.71. The van der Waals surface area contributed by atoms with E-state index in [2.05, 4.69) is 30.2 Å². The summed E-state index contributed by atoms with van der Waals surface area (Å²) in [5, 5.41) is 14.8. The first-order chi connectivity index (χ1) is 24.3. The van der Waals surface area contributed by atoms with E-state index in [0.717, 1.165) is 17.6 Å². The van der Waals surface area contributed by atoms with Gasteiger partial charge in [-0.2, -0.15) is 4.90 Å². The zero-order valence-electron chi connectivity index (χ0n) is 28.0. The second-order valence-electron chi connectivity index (χ2n) is 12.8. The number of imidazole rings is 1. The van der Waals surface area contributed by atoms with Gasteiger partial charge >= 0.3 is 18.3 Å². The molecule has 0 aliphatic carbocycles. The quantitative estimate of drug-likeness (QED) is 0.187. The van der Waals surface area contributed by atoms with Crippen molar-refractivity contribution in [2.75, 3.05) is 30.0 Å². The number of carbonyl (C=O) groups excluding carboxylic acids is 2. The largest absolute Gasteiger partial charge is 0.464 e. The summed E-state index contributed by atoms with van der Waals surface area (Å²) in [6, 6.07) is 7.82. The number of amides is 3. The smallest absolute Gasteiger partial charge is 0.425 e. The minimum atomic E-state index is -1.60. The lowest BCUT2D eigenvalue weighted by Crippen LogP contribution is -2.57. The average molecular weight is 738 g/mol. The maximum Gasteiger partial charge on any atom is 0.425 e. The zero-order valence-corrected chi connectivity index (χ0v) is 29.5. The number of methoxy groups -OCH3 is 1. The first kappa shape index (κ1) is 35.4. The van der Waals surface area contributed by atoms with Crippen LogP contribution in [-0.4, -0.2) is 78.7 Å². The molecular formula is C33H33ClFN9O6S. The molecule has 1 unspecified atom stereocenters. The Morgan fingerprint density at radius 2 is 1.92 bits per heavy atom. The van der Waals surface area contributed by atoms with E-state index < -0.39 is 29.4 Å². The molecule has 1 atom stereocenters. The van der Waals surface area contributed by atoms with Gasteiger partial charge in [0.1, 0.15) is 23.3 Å². The second-order valence-corrected chi connectivity index (χ2v) is 14.2. The van der Waals surface area contributed by atoms with Crippen LogP contribution < -0.4 is 15.1 Å². The van der Waals surface area contributed by atoms with Gasteiger partial charge in [0.2, 0.25) is 0 Å². The van der Waals surface area contributed by atoms with Gasteiger partial charge < -0.3 is 29.4 Å². The fraction of sp³-hybridized carbons (Fsp3) is 0.333. The van der Waals surface area contributed by atoms with Gasteiger partial charge in [0.15, 0.2) is 21.4 Å². The van der Waals surface area contributed by atoms with Crippen LogP contribution in [0.5, 0.6) is 0 Å². The standard InChI is InChI=1S/C33H33ClFN9O6S/c1-32(2,3)50-31(48)44(30(46)47)27-25-26(37-17-38-27)43(18-39-25)14-20-12-22(19-6-8-21(35)9-7-19)36-13-23(20)42-11-5-10-33(16-42,41-29(45)49-4)24-15-51-28(34)40-24/h6-9,12-13,15,17-18H,5,10-11,14,16H2,1-4H3,(H,41,45)(H,46,47). The van der Waals surface area contributed by atoms with E-state index in [4.69, 9.17) is 26.1 Å². The van der Waals surface area contributed by atoms with Crippen LogP contribution in [0.25, 0.3) is 22.4 Å². The van der Waals surface area contributed by atoms with Gasteiger partial charge in [-0.3, -0.25) is 4.98 Å². The third kappa shape index (κ3) is 7.53. The van der Waals surface area contributed by atoms with Gasteiger partial charge in [0.05, 0.1) is 43.3 Å². The number of carbonyl (C=O) groups is 3. The number of hydrogen-bond donors (Lipinski definition) is 2. The molecule has 1 fully saturated rings. The van der Waals surface area contributed by atoms with E-state index in [-0.39, 0.29) is 29.3 Å². The third-order valence-electron chi connectivity index (χ3n) is 8.13. The van der Waals surface area contributed by atoms with Gasteiger partial charge in [-0.05, 0) is 69.5 Å². The van der Waals surface area contributed by atoms with Crippen molar-refractivity contribution < 1.29 is 33.4 Å². The number of anilines is 2. The molecule has 3 amide bonds. The number of piperidine rings is 1. The molecule has 0 saturated carbocycles. The Morgan fingerprint density at radius 3 is 2.59 bits per heavy atom. The van der Waals surface area contributed by atoms with Crippen LogP contribution in [-0.2, 0) is 21.6 Å². The van der Waals surface area contributed by atoms with Crippen molar-refractivity contribution in [2.24, 2.45) is 0 Å². The molecule has 1 aromatic carbocycles. The molecule has 51 heavy (non-hydrogen) atoms. The molecule has 1 aliphatic heterocycles. The van der Waals surface area contributed by atoms with E-state index in [1.54, 1.807) is 43.7 Å². The first-order valence-corrected chi connectivity index (χ1v) is 16.9. The number of imide groups is 1. The highest BCUT2D eigenvalue weighted by atomic mass is 35.5. The fourth-order valence-electron chi connectivity index (χ4n) is 5.93. The van der Waals surface area contributed by atoms with Crippen LogP contribution in [0.1, 0.15) is 44.9 Å². The summed E-state index contributed by atoms with van der Waals surface area (Å²) < 4.78 is 26.1. The molecule has 6 rings (SSSR count). The Morgan fingerprint density at radius 1 is 1.16 bits per heavy atom. The number of hydrogen-bond acceptors (Lipinski definition) is 12. The van der Waals surface area contributed by atoms with Gasteiger partial charge in [-0.15, -0.1) is 11.3 Å². The van der Waals surface area contributed by atoms with E-state index in [1.807, 2.05) is 11.4 Å². The Kier molecular flexibility index (Phi) is 9.77. The maximum atomic E-state index is 13.8. The highest BCUT2D eigenvalue weighted by Gasteiger charge is 2.42. The number of pyridine rings is 1.